The van der Waals surface area contributed by atoms with Gasteiger partial charge in [-0.2, -0.15) is 0 Å². The molecule has 9 heteroatoms. The quantitative estimate of drug-likeness (QED) is 0.150. The maximum atomic E-state index is 12.3. The summed E-state index contributed by atoms with van der Waals surface area (Å²) in [5, 5.41) is 11.2. The number of rotatable bonds is 5. The first-order valence-electron chi connectivity index (χ1n) is 9.29. The molecule has 0 N–H and O–H groups in total. The maximum Gasteiger partial charge on any atom is 0.343 e. The summed E-state index contributed by atoms with van der Waals surface area (Å²) in [6.45, 7) is 1.23. The van der Waals surface area contributed by atoms with E-state index in [-0.39, 0.29) is 28.3 Å². The molecular weight excluding hydrogens is 482 g/mol. The van der Waals surface area contributed by atoms with Crippen LogP contribution in [0.1, 0.15) is 18.2 Å². The van der Waals surface area contributed by atoms with Crippen LogP contribution in [0.4, 0.5) is 5.69 Å². The molecule has 0 aliphatic carbocycles. The van der Waals surface area contributed by atoms with E-state index in [0.29, 0.717) is 11.5 Å². The number of halogens is 1. The monoisotopic (exact) mass is 495 g/mol. The van der Waals surface area contributed by atoms with Crippen molar-refractivity contribution in [2.45, 2.75) is 6.92 Å². The predicted octanol–water partition coefficient (Wildman–Crippen LogP) is 5.52. The second-order valence-electron chi connectivity index (χ2n) is 6.74. The third-order valence-corrected chi connectivity index (χ3v) is 5.00. The fraction of sp³-hybridized carbons (Fsp3) is 0.0435. The van der Waals surface area contributed by atoms with Crippen LogP contribution in [-0.4, -0.2) is 16.9 Å². The average Bonchev–Trinajstić information content (AvgIpc) is 3.35. The van der Waals surface area contributed by atoms with E-state index in [1.165, 1.54) is 31.2 Å². The molecule has 0 saturated heterocycles. The third-order valence-electron chi connectivity index (χ3n) is 4.47. The lowest BCUT2D eigenvalue weighted by atomic mass is 10.1. The molecule has 0 amide bonds. The number of furan rings is 1. The van der Waals surface area contributed by atoms with Crippen molar-refractivity contribution in [2.24, 2.45) is 0 Å². The number of nitro benzene ring substituents is 1. The molecule has 0 bridgehead atoms. The van der Waals surface area contributed by atoms with E-state index in [0.717, 1.165) is 10.0 Å². The largest absolute Gasteiger partial charge is 0.457 e. The Balaban J connectivity index is 1.67. The summed E-state index contributed by atoms with van der Waals surface area (Å²) in [4.78, 5) is 34.3. The zero-order chi connectivity index (χ0) is 22.8. The van der Waals surface area contributed by atoms with Crippen LogP contribution in [0.15, 0.2) is 75.1 Å². The summed E-state index contributed by atoms with van der Waals surface area (Å²) in [6, 6.07) is 14.3. The maximum absolute atomic E-state index is 12.3. The minimum Gasteiger partial charge on any atom is -0.457 e. The number of non-ortho nitro benzene ring substituents is 1. The zero-order valence-electron chi connectivity index (χ0n) is 16.5. The van der Waals surface area contributed by atoms with Crippen molar-refractivity contribution in [1.29, 1.82) is 0 Å². The van der Waals surface area contributed by atoms with E-state index < -0.39 is 16.9 Å². The summed E-state index contributed by atoms with van der Waals surface area (Å²) in [5.41, 5.74) is 1.07. The van der Waals surface area contributed by atoms with Crippen molar-refractivity contribution in [1.82, 2.24) is 0 Å². The number of nitro groups is 1. The lowest BCUT2D eigenvalue weighted by molar-refractivity contribution is -0.384. The highest BCUT2D eigenvalue weighted by atomic mass is 79.9. The van der Waals surface area contributed by atoms with Gasteiger partial charge in [-0.05, 0) is 42.5 Å². The number of nitrogens with zero attached hydrogens (tertiary/aromatic N) is 1. The summed E-state index contributed by atoms with van der Waals surface area (Å²) >= 11 is 3.36. The van der Waals surface area contributed by atoms with Crippen LogP contribution >= 0.6 is 15.9 Å². The van der Waals surface area contributed by atoms with E-state index >= 15 is 0 Å². The summed E-state index contributed by atoms with van der Waals surface area (Å²) in [5.74, 6) is -0.0170. The Labute approximate surface area is 190 Å². The highest BCUT2D eigenvalue weighted by molar-refractivity contribution is 9.10. The van der Waals surface area contributed by atoms with Crippen LogP contribution in [0, 0.1) is 10.1 Å². The number of ether oxygens (including phenoxy) is 2. The zero-order valence-corrected chi connectivity index (χ0v) is 18.1. The number of hydrogen-bond acceptors (Lipinski definition) is 7. The summed E-state index contributed by atoms with van der Waals surface area (Å²) in [6.07, 6.45) is 3.10. The van der Waals surface area contributed by atoms with Crippen LogP contribution in [0.5, 0.6) is 5.75 Å². The third kappa shape index (κ3) is 4.52. The molecule has 0 radical (unpaired) electrons. The van der Waals surface area contributed by atoms with Gasteiger partial charge in [0.2, 0.25) is 0 Å². The van der Waals surface area contributed by atoms with E-state index in [1.54, 1.807) is 18.2 Å². The van der Waals surface area contributed by atoms with Gasteiger partial charge in [-0.3, -0.25) is 14.9 Å². The minimum absolute atomic E-state index is 0.120. The number of cyclic esters (lactones) is 1. The van der Waals surface area contributed by atoms with Crippen molar-refractivity contribution in [3.05, 3.63) is 92.2 Å². The first-order valence-corrected chi connectivity index (χ1v) is 10.1. The molecule has 2 heterocycles. The molecule has 160 valence electrons. The molecule has 1 aliphatic rings. The van der Waals surface area contributed by atoms with Gasteiger partial charge in [0.15, 0.2) is 0 Å². The fourth-order valence-electron chi connectivity index (χ4n) is 3.04. The van der Waals surface area contributed by atoms with Crippen LogP contribution in [0.3, 0.4) is 0 Å². The highest BCUT2D eigenvalue weighted by Crippen LogP contribution is 2.36. The Morgan fingerprint density at radius 2 is 1.88 bits per heavy atom. The summed E-state index contributed by atoms with van der Waals surface area (Å²) in [7, 11) is 0. The Hall–Kier alpha value is -3.98. The van der Waals surface area contributed by atoms with Gasteiger partial charge in [0, 0.05) is 29.1 Å². The van der Waals surface area contributed by atoms with Gasteiger partial charge in [0.25, 0.3) is 5.69 Å². The Morgan fingerprint density at radius 3 is 2.56 bits per heavy atom. The lowest BCUT2D eigenvalue weighted by Gasteiger charge is -2.06. The fourth-order valence-corrected chi connectivity index (χ4v) is 3.31. The topological polar surface area (TPSA) is 109 Å². The molecule has 3 aromatic rings. The molecule has 8 nitrogen and oxygen atoms in total. The van der Waals surface area contributed by atoms with Crippen molar-refractivity contribution in [2.75, 3.05) is 0 Å². The average molecular weight is 496 g/mol. The molecule has 32 heavy (non-hydrogen) atoms. The van der Waals surface area contributed by atoms with Crippen LogP contribution < -0.4 is 4.74 Å². The van der Waals surface area contributed by atoms with Crippen LogP contribution in [0.25, 0.3) is 23.2 Å². The first-order chi connectivity index (χ1) is 15.3. The Kier molecular flexibility index (Phi) is 5.74. The minimum atomic E-state index is -0.576. The number of carbonyl (C=O) groups excluding carboxylic acids is 2. The van der Waals surface area contributed by atoms with E-state index in [2.05, 4.69) is 15.9 Å². The SMILES string of the molecule is CC(=O)Oc1ccc([N+](=O)[O-])cc1-c1ccc(/C=C2\C=C(c3ccc(Br)cc3)OC2=O)o1. The standard InChI is InChI=1S/C23H14BrNO7/c1-13(26)30-20-8-6-17(25(28)29)12-19(20)21-9-7-18(31-21)10-15-11-22(32-23(15)27)14-2-4-16(24)5-3-14/h2-12H,1H3/b15-10+. The molecule has 0 unspecified atom stereocenters. The van der Waals surface area contributed by atoms with Gasteiger partial charge >= 0.3 is 11.9 Å². The van der Waals surface area contributed by atoms with Gasteiger partial charge in [0.1, 0.15) is 23.0 Å². The molecule has 0 atom stereocenters. The first kappa shape index (κ1) is 21.3. The number of carbonyl (C=O) groups is 2. The predicted molar refractivity (Wildman–Crippen MR) is 118 cm³/mol. The molecular formula is C23H14BrNO7. The van der Waals surface area contributed by atoms with Crippen molar-refractivity contribution >= 4 is 45.4 Å². The Bertz CT molecular complexity index is 1300. The molecule has 0 spiro atoms. The van der Waals surface area contributed by atoms with Gasteiger partial charge in [-0.15, -0.1) is 0 Å². The van der Waals surface area contributed by atoms with E-state index in [1.807, 2.05) is 24.3 Å². The van der Waals surface area contributed by atoms with Gasteiger partial charge in [-0.25, -0.2) is 4.79 Å². The molecule has 1 aliphatic heterocycles. The van der Waals surface area contributed by atoms with Crippen molar-refractivity contribution in [3.63, 3.8) is 0 Å². The molecule has 2 aromatic carbocycles. The number of hydrogen-bond donors (Lipinski definition) is 0. The van der Waals surface area contributed by atoms with E-state index in [4.69, 9.17) is 13.9 Å². The van der Waals surface area contributed by atoms with Crippen molar-refractivity contribution < 1.29 is 28.4 Å². The smallest absolute Gasteiger partial charge is 0.343 e. The van der Waals surface area contributed by atoms with Gasteiger partial charge in [0.05, 0.1) is 16.1 Å². The van der Waals surface area contributed by atoms with Crippen LogP contribution in [0.2, 0.25) is 0 Å². The second kappa shape index (κ2) is 8.64. The summed E-state index contributed by atoms with van der Waals surface area (Å²) < 4.78 is 17.1. The number of benzene rings is 2. The molecule has 0 fully saturated rings. The molecule has 0 saturated carbocycles. The van der Waals surface area contributed by atoms with Gasteiger partial charge in [-0.1, -0.05) is 28.1 Å². The molecule has 4 rings (SSSR count). The second-order valence-corrected chi connectivity index (χ2v) is 7.65. The highest BCUT2D eigenvalue weighted by Gasteiger charge is 2.23. The Morgan fingerprint density at radius 1 is 1.12 bits per heavy atom. The number of esters is 2. The van der Waals surface area contributed by atoms with Crippen LogP contribution in [-0.2, 0) is 14.3 Å². The molecule has 1 aromatic heterocycles. The normalized spacial score (nSPS) is 14.2. The van der Waals surface area contributed by atoms with E-state index in [9.17, 15) is 19.7 Å². The lowest BCUT2D eigenvalue weighted by Crippen LogP contribution is -2.03. The van der Waals surface area contributed by atoms with Crippen molar-refractivity contribution in [3.8, 4) is 17.1 Å². The van der Waals surface area contributed by atoms with Gasteiger partial charge < -0.3 is 13.9 Å².